The van der Waals surface area contributed by atoms with Gasteiger partial charge in [-0.15, -0.1) is 0 Å². The van der Waals surface area contributed by atoms with Crippen LogP contribution in [0.15, 0.2) is 29.6 Å². The molecule has 1 N–H and O–H groups in total. The van der Waals surface area contributed by atoms with E-state index in [2.05, 4.69) is 16.5 Å². The van der Waals surface area contributed by atoms with Crippen molar-refractivity contribution < 1.29 is 9.90 Å². The second kappa shape index (κ2) is 4.53. The summed E-state index contributed by atoms with van der Waals surface area (Å²) in [5.41, 5.74) is 3.17. The first-order valence-corrected chi connectivity index (χ1v) is 6.87. The van der Waals surface area contributed by atoms with Gasteiger partial charge in [-0.25, -0.2) is 4.79 Å². The van der Waals surface area contributed by atoms with Crippen LogP contribution in [-0.2, 0) is 0 Å². The lowest BCUT2D eigenvalue weighted by Crippen LogP contribution is -2.08. The molecule has 1 aliphatic carbocycles. The largest absolute Gasteiger partial charge is 0.476 e. The number of aromatic nitrogens is 1. The van der Waals surface area contributed by atoms with Gasteiger partial charge >= 0.3 is 5.97 Å². The van der Waals surface area contributed by atoms with E-state index in [9.17, 15) is 4.79 Å². The maximum Gasteiger partial charge on any atom is 0.356 e. The topological polar surface area (TPSA) is 50.2 Å². The molecule has 18 heavy (non-hydrogen) atoms. The zero-order valence-corrected chi connectivity index (χ0v) is 10.6. The highest BCUT2D eigenvalue weighted by Gasteiger charge is 2.21. The molecule has 92 valence electrons. The van der Waals surface area contributed by atoms with Crippen LogP contribution in [0, 0.1) is 0 Å². The fraction of sp³-hybridized carbons (Fsp3) is 0.286. The third kappa shape index (κ3) is 1.93. The molecule has 3 nitrogen and oxygen atoms in total. The lowest BCUT2D eigenvalue weighted by Gasteiger charge is -2.26. The van der Waals surface area contributed by atoms with Gasteiger partial charge in [0.05, 0.1) is 0 Å². The molecule has 0 atom stereocenters. The van der Waals surface area contributed by atoms with Crippen LogP contribution in [0.4, 0.5) is 0 Å². The summed E-state index contributed by atoms with van der Waals surface area (Å²) in [7, 11) is 0. The van der Waals surface area contributed by atoms with Gasteiger partial charge in [-0.2, -0.15) is 4.37 Å². The summed E-state index contributed by atoms with van der Waals surface area (Å²) in [6.45, 7) is 0. The summed E-state index contributed by atoms with van der Waals surface area (Å²) in [6, 6.07) is 8.21. The van der Waals surface area contributed by atoms with E-state index >= 15 is 0 Å². The second-order valence-electron chi connectivity index (χ2n) is 4.64. The maximum absolute atomic E-state index is 11.1. The molecule has 0 unspecified atom stereocenters. The van der Waals surface area contributed by atoms with Crippen LogP contribution in [0.1, 0.15) is 41.2 Å². The van der Waals surface area contributed by atoms with Crippen molar-refractivity contribution in [1.29, 1.82) is 0 Å². The Kier molecular flexibility index (Phi) is 2.88. The van der Waals surface area contributed by atoms with Gasteiger partial charge in [0.15, 0.2) is 5.69 Å². The minimum Gasteiger partial charge on any atom is -0.476 e. The molecule has 1 heterocycles. The Labute approximate surface area is 109 Å². The molecule has 1 fully saturated rings. The summed E-state index contributed by atoms with van der Waals surface area (Å²) in [4.78, 5) is 11.1. The highest BCUT2D eigenvalue weighted by Crippen LogP contribution is 2.38. The number of hydrogen-bond acceptors (Lipinski definition) is 3. The number of carbonyl (C=O) groups is 1. The van der Waals surface area contributed by atoms with Crippen molar-refractivity contribution in [2.45, 2.75) is 25.2 Å². The second-order valence-corrected chi connectivity index (χ2v) is 5.26. The summed E-state index contributed by atoms with van der Waals surface area (Å²) >= 11 is 1.19. The van der Waals surface area contributed by atoms with Crippen molar-refractivity contribution in [3.05, 3.63) is 40.9 Å². The zero-order chi connectivity index (χ0) is 12.5. The van der Waals surface area contributed by atoms with Crippen molar-refractivity contribution in [2.24, 2.45) is 0 Å². The van der Waals surface area contributed by atoms with E-state index in [0.717, 1.165) is 11.1 Å². The Morgan fingerprint density at radius 2 is 2.22 bits per heavy atom. The van der Waals surface area contributed by atoms with E-state index in [0.29, 0.717) is 5.92 Å². The lowest BCUT2D eigenvalue weighted by molar-refractivity contribution is 0.0693. The van der Waals surface area contributed by atoms with Gasteiger partial charge in [0.1, 0.15) is 0 Å². The molecule has 0 saturated heterocycles. The maximum atomic E-state index is 11.1. The highest BCUT2D eigenvalue weighted by molar-refractivity contribution is 7.04. The van der Waals surface area contributed by atoms with E-state index in [1.807, 2.05) is 17.5 Å². The average Bonchev–Trinajstić information content (AvgIpc) is 2.76. The molecule has 4 heteroatoms. The molecule has 3 rings (SSSR count). The number of aromatic carboxylic acids is 1. The van der Waals surface area contributed by atoms with Gasteiger partial charge in [0.2, 0.25) is 0 Å². The first-order valence-electron chi connectivity index (χ1n) is 6.03. The molecule has 0 spiro atoms. The van der Waals surface area contributed by atoms with Crippen molar-refractivity contribution >= 4 is 17.5 Å². The summed E-state index contributed by atoms with van der Waals surface area (Å²) in [6.07, 6.45) is 3.80. The molecule has 2 aromatic rings. The van der Waals surface area contributed by atoms with E-state index in [4.69, 9.17) is 5.11 Å². The number of hydrogen-bond donors (Lipinski definition) is 1. The molecule has 1 aliphatic rings. The minimum atomic E-state index is -0.958. The minimum absolute atomic E-state index is 0.158. The third-order valence-corrected chi connectivity index (χ3v) is 4.18. The fourth-order valence-electron chi connectivity index (χ4n) is 2.30. The Hall–Kier alpha value is -1.68. The molecule has 1 aromatic heterocycles. The van der Waals surface area contributed by atoms with Crippen molar-refractivity contribution in [2.75, 3.05) is 0 Å². The molecule has 1 aromatic carbocycles. The zero-order valence-electron chi connectivity index (χ0n) is 9.80. The van der Waals surface area contributed by atoms with E-state index in [1.165, 1.54) is 36.4 Å². The Morgan fingerprint density at radius 3 is 2.89 bits per heavy atom. The number of rotatable bonds is 3. The highest BCUT2D eigenvalue weighted by atomic mass is 32.1. The first kappa shape index (κ1) is 11.4. The fourth-order valence-corrected chi connectivity index (χ4v) is 2.99. The molecular weight excluding hydrogens is 246 g/mol. The smallest absolute Gasteiger partial charge is 0.356 e. The molecule has 0 radical (unpaired) electrons. The molecular formula is C14H13NO2S. The van der Waals surface area contributed by atoms with E-state index < -0.39 is 5.97 Å². The number of benzene rings is 1. The van der Waals surface area contributed by atoms with Crippen LogP contribution in [-0.4, -0.2) is 15.4 Å². The van der Waals surface area contributed by atoms with Crippen LogP contribution in [0.25, 0.3) is 11.1 Å². The predicted octanol–water partition coefficient (Wildman–Crippen LogP) is 3.78. The van der Waals surface area contributed by atoms with Crippen LogP contribution < -0.4 is 0 Å². The normalized spacial score (nSPS) is 15.3. The Morgan fingerprint density at radius 1 is 1.39 bits per heavy atom. The van der Waals surface area contributed by atoms with E-state index in [-0.39, 0.29) is 5.69 Å². The van der Waals surface area contributed by atoms with Gasteiger partial charge in [-0.1, -0.05) is 30.7 Å². The number of nitrogens with zero attached hydrogens (tertiary/aromatic N) is 1. The first-order chi connectivity index (χ1) is 8.75. The van der Waals surface area contributed by atoms with Crippen LogP contribution in [0.5, 0.6) is 0 Å². The summed E-state index contributed by atoms with van der Waals surface area (Å²) in [5.74, 6) is -0.301. The third-order valence-electron chi connectivity index (χ3n) is 3.55. The van der Waals surface area contributed by atoms with Crippen molar-refractivity contribution in [3.63, 3.8) is 0 Å². The summed E-state index contributed by atoms with van der Waals surface area (Å²) < 4.78 is 3.94. The van der Waals surface area contributed by atoms with E-state index in [1.54, 1.807) is 0 Å². The quantitative estimate of drug-likeness (QED) is 0.912. The standard InChI is InChI=1S/C14H13NO2S/c16-14(17)13-12(8-18-15-13)11-6-2-5-10(7-11)9-3-1-4-9/h2,5-9H,1,3-4H2,(H,16,17). The van der Waals surface area contributed by atoms with Gasteiger partial charge in [-0.05, 0) is 41.4 Å². The number of carboxylic acids is 1. The number of carboxylic acid groups (broad SMARTS) is 1. The monoisotopic (exact) mass is 259 g/mol. The van der Waals surface area contributed by atoms with Crippen molar-refractivity contribution in [1.82, 2.24) is 4.37 Å². The van der Waals surface area contributed by atoms with Gasteiger partial charge < -0.3 is 5.11 Å². The predicted molar refractivity (Wildman–Crippen MR) is 71.1 cm³/mol. The van der Waals surface area contributed by atoms with Crippen LogP contribution in [0.3, 0.4) is 0 Å². The lowest BCUT2D eigenvalue weighted by atomic mass is 9.79. The van der Waals surface area contributed by atoms with Gasteiger partial charge in [0, 0.05) is 10.9 Å². The molecule has 0 aliphatic heterocycles. The van der Waals surface area contributed by atoms with Gasteiger partial charge in [-0.3, -0.25) is 0 Å². The van der Waals surface area contributed by atoms with Crippen LogP contribution >= 0.6 is 11.5 Å². The van der Waals surface area contributed by atoms with Crippen LogP contribution in [0.2, 0.25) is 0 Å². The molecule has 0 bridgehead atoms. The Bertz CT molecular complexity index is 587. The van der Waals surface area contributed by atoms with Gasteiger partial charge in [0.25, 0.3) is 0 Å². The van der Waals surface area contributed by atoms with Crippen molar-refractivity contribution in [3.8, 4) is 11.1 Å². The Balaban J connectivity index is 2.00. The SMILES string of the molecule is O=C(O)c1nscc1-c1cccc(C2CCC2)c1. The molecule has 1 saturated carbocycles. The molecule has 0 amide bonds. The summed E-state index contributed by atoms with van der Waals surface area (Å²) in [5, 5.41) is 10.9. The average molecular weight is 259 g/mol.